The van der Waals surface area contributed by atoms with E-state index in [1.165, 1.54) is 18.3 Å². The van der Waals surface area contributed by atoms with Crippen molar-refractivity contribution in [2.45, 2.75) is 12.7 Å². The predicted molar refractivity (Wildman–Crippen MR) is 75.1 cm³/mol. The van der Waals surface area contributed by atoms with Gasteiger partial charge in [0.1, 0.15) is 5.82 Å². The lowest BCUT2D eigenvalue weighted by Crippen LogP contribution is -2.12. The van der Waals surface area contributed by atoms with Gasteiger partial charge in [0.25, 0.3) is 0 Å². The van der Waals surface area contributed by atoms with Gasteiger partial charge in [-0.15, -0.1) is 0 Å². The van der Waals surface area contributed by atoms with Crippen molar-refractivity contribution >= 4 is 27.4 Å². The van der Waals surface area contributed by atoms with Crippen molar-refractivity contribution in [1.82, 2.24) is 4.98 Å². The molecule has 1 aromatic heterocycles. The highest BCUT2D eigenvalue weighted by Gasteiger charge is 2.32. The number of hydrogen-bond donors (Lipinski definition) is 2. The van der Waals surface area contributed by atoms with E-state index in [9.17, 15) is 13.2 Å². The Balaban J connectivity index is 2.19. The van der Waals surface area contributed by atoms with Crippen LogP contribution in [0, 0.1) is 0 Å². The molecular formula is C13H11BrF3N3. The summed E-state index contributed by atoms with van der Waals surface area (Å²) in [4.78, 5) is 4.02. The van der Waals surface area contributed by atoms with E-state index in [-0.39, 0.29) is 12.1 Å². The number of alkyl halides is 3. The molecule has 0 aliphatic heterocycles. The van der Waals surface area contributed by atoms with Gasteiger partial charge in [-0.25, -0.2) is 4.98 Å². The molecule has 1 aromatic carbocycles. The Kier molecular flexibility index (Phi) is 4.17. The van der Waals surface area contributed by atoms with Crippen LogP contribution in [0.4, 0.5) is 24.7 Å². The van der Waals surface area contributed by atoms with Crippen LogP contribution >= 0.6 is 15.9 Å². The number of pyridine rings is 1. The summed E-state index contributed by atoms with van der Waals surface area (Å²) in [6, 6.07) is 7.02. The molecule has 0 aliphatic rings. The van der Waals surface area contributed by atoms with Gasteiger partial charge in [-0.1, -0.05) is 18.2 Å². The third kappa shape index (κ3) is 3.41. The molecule has 0 bridgehead atoms. The molecule has 2 aromatic rings. The maximum atomic E-state index is 12.8. The van der Waals surface area contributed by atoms with Crippen molar-refractivity contribution in [1.29, 1.82) is 0 Å². The lowest BCUT2D eigenvalue weighted by Gasteiger charge is -2.14. The molecule has 2 rings (SSSR count). The standard InChI is InChI=1S/C13H11BrF3N3/c14-9-5-11(18)12(20-7-9)19-6-8-3-1-2-4-10(8)13(15,16)17/h1-5,7H,6,18H2,(H,19,20). The molecule has 0 amide bonds. The SMILES string of the molecule is Nc1cc(Br)cnc1NCc1ccccc1C(F)(F)F. The summed E-state index contributed by atoms with van der Waals surface area (Å²) in [5, 5.41) is 2.81. The second kappa shape index (κ2) is 5.70. The number of nitrogens with one attached hydrogen (secondary N) is 1. The van der Waals surface area contributed by atoms with Gasteiger partial charge in [-0.2, -0.15) is 13.2 Å². The molecule has 3 nitrogen and oxygen atoms in total. The highest BCUT2D eigenvalue weighted by molar-refractivity contribution is 9.10. The van der Waals surface area contributed by atoms with E-state index in [2.05, 4.69) is 26.2 Å². The van der Waals surface area contributed by atoms with Gasteiger partial charge in [0, 0.05) is 17.2 Å². The molecule has 3 N–H and O–H groups in total. The average molecular weight is 346 g/mol. The molecule has 0 unspecified atom stereocenters. The largest absolute Gasteiger partial charge is 0.416 e. The molecule has 0 spiro atoms. The molecule has 1 heterocycles. The minimum Gasteiger partial charge on any atom is -0.396 e. The van der Waals surface area contributed by atoms with E-state index in [0.717, 1.165) is 6.07 Å². The lowest BCUT2D eigenvalue weighted by atomic mass is 10.1. The fourth-order valence-corrected chi connectivity index (χ4v) is 2.08. The average Bonchev–Trinajstić information content (AvgIpc) is 2.37. The first kappa shape index (κ1) is 14.6. The number of benzene rings is 1. The number of hydrogen-bond acceptors (Lipinski definition) is 3. The minimum atomic E-state index is -4.38. The Hall–Kier alpha value is -1.76. The Morgan fingerprint density at radius 2 is 1.95 bits per heavy atom. The van der Waals surface area contributed by atoms with Crippen LogP contribution in [-0.4, -0.2) is 4.98 Å². The Labute approximate surface area is 122 Å². The molecule has 0 fully saturated rings. The molecular weight excluding hydrogens is 335 g/mol. The second-order valence-electron chi connectivity index (χ2n) is 4.10. The van der Waals surface area contributed by atoms with Crippen LogP contribution in [0.3, 0.4) is 0 Å². The number of anilines is 2. The summed E-state index contributed by atoms with van der Waals surface area (Å²) < 4.78 is 39.2. The Bertz CT molecular complexity index is 614. The van der Waals surface area contributed by atoms with Crippen LogP contribution in [0.1, 0.15) is 11.1 Å². The third-order valence-corrected chi connectivity index (χ3v) is 3.09. The summed E-state index contributed by atoms with van der Waals surface area (Å²) in [7, 11) is 0. The van der Waals surface area contributed by atoms with Crippen LogP contribution in [0.2, 0.25) is 0 Å². The van der Waals surface area contributed by atoms with Crippen molar-refractivity contribution < 1.29 is 13.2 Å². The van der Waals surface area contributed by atoms with Gasteiger partial charge in [-0.05, 0) is 33.6 Å². The maximum absolute atomic E-state index is 12.8. The first-order chi connectivity index (χ1) is 9.38. The Morgan fingerprint density at radius 1 is 1.25 bits per heavy atom. The topological polar surface area (TPSA) is 50.9 Å². The predicted octanol–water partition coefficient (Wildman–Crippen LogP) is 4.06. The van der Waals surface area contributed by atoms with Crippen molar-refractivity contribution in [2.24, 2.45) is 0 Å². The second-order valence-corrected chi connectivity index (χ2v) is 5.02. The number of aromatic nitrogens is 1. The van der Waals surface area contributed by atoms with Crippen molar-refractivity contribution in [2.75, 3.05) is 11.1 Å². The zero-order valence-electron chi connectivity index (χ0n) is 10.2. The molecule has 0 radical (unpaired) electrons. The third-order valence-electron chi connectivity index (χ3n) is 2.65. The zero-order valence-corrected chi connectivity index (χ0v) is 11.8. The van der Waals surface area contributed by atoms with E-state index in [4.69, 9.17) is 5.73 Å². The summed E-state index contributed by atoms with van der Waals surface area (Å²) >= 11 is 3.21. The van der Waals surface area contributed by atoms with Crippen LogP contribution in [0.25, 0.3) is 0 Å². The fraction of sp³-hybridized carbons (Fsp3) is 0.154. The quantitative estimate of drug-likeness (QED) is 0.881. The van der Waals surface area contributed by atoms with Gasteiger partial charge in [0.05, 0.1) is 11.3 Å². The molecule has 20 heavy (non-hydrogen) atoms. The van der Waals surface area contributed by atoms with Crippen molar-refractivity contribution in [3.05, 3.63) is 52.1 Å². The monoisotopic (exact) mass is 345 g/mol. The van der Waals surface area contributed by atoms with Gasteiger partial charge < -0.3 is 11.1 Å². The molecule has 0 aliphatic carbocycles. The van der Waals surface area contributed by atoms with Crippen LogP contribution in [-0.2, 0) is 12.7 Å². The highest BCUT2D eigenvalue weighted by atomic mass is 79.9. The van der Waals surface area contributed by atoms with Crippen LogP contribution < -0.4 is 11.1 Å². The molecule has 0 saturated carbocycles. The van der Waals surface area contributed by atoms with E-state index in [1.807, 2.05) is 0 Å². The van der Waals surface area contributed by atoms with Gasteiger partial charge in [0.15, 0.2) is 0 Å². The lowest BCUT2D eigenvalue weighted by molar-refractivity contribution is -0.138. The van der Waals surface area contributed by atoms with Crippen LogP contribution in [0.5, 0.6) is 0 Å². The summed E-state index contributed by atoms with van der Waals surface area (Å²) in [5.74, 6) is 0.352. The van der Waals surface area contributed by atoms with Crippen LogP contribution in [0.15, 0.2) is 41.0 Å². The number of halogens is 4. The van der Waals surface area contributed by atoms with E-state index >= 15 is 0 Å². The highest BCUT2D eigenvalue weighted by Crippen LogP contribution is 2.32. The summed E-state index contributed by atoms with van der Waals surface area (Å²) in [6.45, 7) is -0.00544. The van der Waals surface area contributed by atoms with Crippen molar-refractivity contribution in [3.63, 3.8) is 0 Å². The molecule has 106 valence electrons. The van der Waals surface area contributed by atoms with E-state index in [1.54, 1.807) is 12.1 Å². The summed E-state index contributed by atoms with van der Waals surface area (Å²) in [6.07, 6.45) is -2.86. The number of rotatable bonds is 3. The number of nitrogens with zero attached hydrogens (tertiary/aromatic N) is 1. The molecule has 0 saturated heterocycles. The minimum absolute atomic E-state index is 0.00544. The fourth-order valence-electron chi connectivity index (χ4n) is 1.73. The normalized spacial score (nSPS) is 11.4. The number of nitrogens with two attached hydrogens (primary N) is 1. The van der Waals surface area contributed by atoms with Gasteiger partial charge >= 0.3 is 6.18 Å². The summed E-state index contributed by atoms with van der Waals surface area (Å²) in [5.41, 5.74) is 5.58. The Morgan fingerprint density at radius 3 is 2.60 bits per heavy atom. The van der Waals surface area contributed by atoms with E-state index < -0.39 is 11.7 Å². The first-order valence-corrected chi connectivity index (χ1v) is 6.47. The molecule has 7 heteroatoms. The number of nitrogen functional groups attached to an aromatic ring is 1. The molecule has 0 atom stereocenters. The zero-order chi connectivity index (χ0) is 14.8. The van der Waals surface area contributed by atoms with Crippen molar-refractivity contribution in [3.8, 4) is 0 Å². The smallest absolute Gasteiger partial charge is 0.396 e. The van der Waals surface area contributed by atoms with Gasteiger partial charge in [-0.3, -0.25) is 0 Å². The first-order valence-electron chi connectivity index (χ1n) is 5.68. The maximum Gasteiger partial charge on any atom is 0.416 e. The van der Waals surface area contributed by atoms with E-state index in [0.29, 0.717) is 16.0 Å². The van der Waals surface area contributed by atoms with Gasteiger partial charge in [0.2, 0.25) is 0 Å².